The van der Waals surface area contributed by atoms with Crippen LogP contribution in [-0.4, -0.2) is 35.3 Å². The van der Waals surface area contributed by atoms with Crippen molar-refractivity contribution in [2.24, 2.45) is 0 Å². The van der Waals surface area contributed by atoms with Gasteiger partial charge in [-0.1, -0.05) is 6.08 Å². The number of carbonyl (C=O) groups is 3. The van der Waals surface area contributed by atoms with Crippen molar-refractivity contribution in [3.05, 3.63) is 23.8 Å². The zero-order valence-corrected chi connectivity index (χ0v) is 10.5. The molecule has 1 fully saturated rings. The first-order chi connectivity index (χ1) is 8.40. The van der Waals surface area contributed by atoms with E-state index in [4.69, 9.17) is 9.47 Å². The SMILES string of the molecule is CCOC(=O)C1=CC=CC(=O)C12O[C@@]2(C)C(C)=O. The van der Waals surface area contributed by atoms with Crippen LogP contribution < -0.4 is 0 Å². The first kappa shape index (κ1) is 12.7. The second-order valence-electron chi connectivity index (χ2n) is 4.40. The number of Topliss-reactive ketones (excluding diaryl/α,β-unsaturated/α-hetero) is 1. The summed E-state index contributed by atoms with van der Waals surface area (Å²) < 4.78 is 10.3. The van der Waals surface area contributed by atoms with Crippen molar-refractivity contribution >= 4 is 17.5 Å². The van der Waals surface area contributed by atoms with Crippen molar-refractivity contribution in [1.29, 1.82) is 0 Å². The van der Waals surface area contributed by atoms with Crippen molar-refractivity contribution < 1.29 is 23.9 Å². The van der Waals surface area contributed by atoms with Crippen LogP contribution in [0.1, 0.15) is 20.8 Å². The van der Waals surface area contributed by atoms with Gasteiger partial charge >= 0.3 is 5.97 Å². The standard InChI is InChI=1S/C13H14O5/c1-4-17-11(16)9-6-5-7-10(15)13(9)12(3,18-13)8(2)14/h5-7H,4H2,1-3H3/t12-,13?/m0/s1. The number of rotatable bonds is 3. The molecular formula is C13H14O5. The van der Waals surface area contributed by atoms with Crippen LogP contribution in [0.3, 0.4) is 0 Å². The molecule has 2 rings (SSSR count). The van der Waals surface area contributed by atoms with E-state index in [2.05, 4.69) is 0 Å². The molecule has 0 N–H and O–H groups in total. The largest absolute Gasteiger partial charge is 0.463 e. The van der Waals surface area contributed by atoms with Gasteiger partial charge in [-0.3, -0.25) is 9.59 Å². The molecule has 0 amide bonds. The summed E-state index contributed by atoms with van der Waals surface area (Å²) in [4.78, 5) is 35.4. The lowest BCUT2D eigenvalue weighted by Crippen LogP contribution is -2.41. The van der Waals surface area contributed by atoms with Gasteiger partial charge in [0.25, 0.3) is 0 Å². The lowest BCUT2D eigenvalue weighted by molar-refractivity contribution is -0.140. The minimum Gasteiger partial charge on any atom is -0.463 e. The lowest BCUT2D eigenvalue weighted by atomic mass is 9.79. The molecule has 2 aliphatic rings. The molecule has 0 aromatic heterocycles. The van der Waals surface area contributed by atoms with Crippen molar-refractivity contribution in [2.45, 2.75) is 32.0 Å². The molecule has 0 saturated carbocycles. The lowest BCUT2D eigenvalue weighted by Gasteiger charge is -2.17. The van der Waals surface area contributed by atoms with E-state index in [1.807, 2.05) is 0 Å². The van der Waals surface area contributed by atoms with Gasteiger partial charge < -0.3 is 9.47 Å². The molecule has 0 aromatic rings. The molecule has 0 aromatic carbocycles. The van der Waals surface area contributed by atoms with Gasteiger partial charge in [0.2, 0.25) is 0 Å². The highest BCUT2D eigenvalue weighted by molar-refractivity contribution is 6.17. The Morgan fingerprint density at radius 2 is 2.11 bits per heavy atom. The molecule has 1 saturated heterocycles. The highest BCUT2D eigenvalue weighted by Crippen LogP contribution is 2.55. The topological polar surface area (TPSA) is 73.0 Å². The predicted octanol–water partition coefficient (Wildman–Crippen LogP) is 0.731. The van der Waals surface area contributed by atoms with Gasteiger partial charge in [-0.05, 0) is 32.9 Å². The number of hydrogen-bond acceptors (Lipinski definition) is 5. The number of epoxide rings is 1. The average Bonchev–Trinajstić information content (AvgIpc) is 2.92. The minimum atomic E-state index is -1.49. The Morgan fingerprint density at radius 3 is 2.61 bits per heavy atom. The van der Waals surface area contributed by atoms with Crippen molar-refractivity contribution in [3.8, 4) is 0 Å². The van der Waals surface area contributed by atoms with Crippen LogP contribution in [0.15, 0.2) is 23.8 Å². The fraction of sp³-hybridized carbons (Fsp3) is 0.462. The van der Waals surface area contributed by atoms with E-state index in [-0.39, 0.29) is 18.0 Å². The van der Waals surface area contributed by atoms with Gasteiger partial charge in [0.15, 0.2) is 22.8 Å². The van der Waals surface area contributed by atoms with Gasteiger partial charge in [0, 0.05) is 0 Å². The second-order valence-corrected chi connectivity index (χ2v) is 4.40. The molecule has 1 aliphatic carbocycles. The number of carbonyl (C=O) groups excluding carboxylic acids is 3. The van der Waals surface area contributed by atoms with Gasteiger partial charge in [-0.25, -0.2) is 4.79 Å². The maximum absolute atomic E-state index is 12.0. The minimum absolute atomic E-state index is 0.0922. The molecule has 1 spiro atoms. The molecule has 5 heteroatoms. The molecule has 1 aliphatic heterocycles. The van der Waals surface area contributed by atoms with Crippen LogP contribution in [0.5, 0.6) is 0 Å². The highest BCUT2D eigenvalue weighted by atomic mass is 16.6. The molecular weight excluding hydrogens is 236 g/mol. The van der Waals surface area contributed by atoms with E-state index in [0.717, 1.165) is 0 Å². The molecule has 96 valence electrons. The fourth-order valence-corrected chi connectivity index (χ4v) is 2.22. The summed E-state index contributed by atoms with van der Waals surface area (Å²) >= 11 is 0. The molecule has 1 heterocycles. The first-order valence-corrected chi connectivity index (χ1v) is 5.71. The maximum Gasteiger partial charge on any atom is 0.337 e. The molecule has 18 heavy (non-hydrogen) atoms. The Hall–Kier alpha value is -1.75. The van der Waals surface area contributed by atoms with Gasteiger partial charge in [0.1, 0.15) is 0 Å². The predicted molar refractivity (Wildman–Crippen MR) is 61.8 cm³/mol. The van der Waals surface area contributed by atoms with Crippen molar-refractivity contribution in [1.82, 2.24) is 0 Å². The van der Waals surface area contributed by atoms with Crippen LogP contribution in [0, 0.1) is 0 Å². The molecule has 2 atom stereocenters. The van der Waals surface area contributed by atoms with Crippen molar-refractivity contribution in [3.63, 3.8) is 0 Å². The third kappa shape index (κ3) is 1.40. The fourth-order valence-electron chi connectivity index (χ4n) is 2.22. The Labute approximate surface area is 104 Å². The van der Waals surface area contributed by atoms with E-state index in [1.54, 1.807) is 6.92 Å². The summed E-state index contributed by atoms with van der Waals surface area (Å²) in [5.41, 5.74) is -2.66. The third-order valence-corrected chi connectivity index (χ3v) is 3.39. The van der Waals surface area contributed by atoms with E-state index in [9.17, 15) is 14.4 Å². The van der Waals surface area contributed by atoms with Crippen LogP contribution in [-0.2, 0) is 23.9 Å². The molecule has 0 bridgehead atoms. The van der Waals surface area contributed by atoms with E-state index >= 15 is 0 Å². The second kappa shape index (κ2) is 3.88. The molecule has 5 nitrogen and oxygen atoms in total. The Bertz CT molecular complexity index is 502. The summed E-state index contributed by atoms with van der Waals surface area (Å²) in [6.45, 7) is 4.72. The summed E-state index contributed by atoms with van der Waals surface area (Å²) in [5, 5.41) is 0. The third-order valence-electron chi connectivity index (χ3n) is 3.39. The van der Waals surface area contributed by atoms with E-state index in [0.29, 0.717) is 0 Å². The quantitative estimate of drug-likeness (QED) is 0.545. The van der Waals surface area contributed by atoms with Gasteiger partial charge in [0.05, 0.1) is 12.2 Å². The normalized spacial score (nSPS) is 33.3. The molecule has 0 radical (unpaired) electrons. The van der Waals surface area contributed by atoms with Crippen LogP contribution in [0.25, 0.3) is 0 Å². The van der Waals surface area contributed by atoms with E-state index < -0.39 is 23.0 Å². The Balaban J connectivity index is 2.43. The van der Waals surface area contributed by atoms with Gasteiger partial charge in [-0.15, -0.1) is 0 Å². The number of esters is 1. The Kier molecular flexibility index (Phi) is 2.74. The molecule has 1 unspecified atom stereocenters. The number of allylic oxidation sites excluding steroid dienone is 2. The number of ether oxygens (including phenoxy) is 2. The zero-order valence-electron chi connectivity index (χ0n) is 10.5. The smallest absolute Gasteiger partial charge is 0.337 e. The number of ketones is 2. The highest BCUT2D eigenvalue weighted by Gasteiger charge is 2.77. The maximum atomic E-state index is 12.0. The summed E-state index contributed by atoms with van der Waals surface area (Å²) in [7, 11) is 0. The van der Waals surface area contributed by atoms with E-state index in [1.165, 1.54) is 32.1 Å². The zero-order chi connectivity index (χ0) is 13.6. The summed E-state index contributed by atoms with van der Waals surface area (Å²) in [5.74, 6) is -1.31. The monoisotopic (exact) mass is 250 g/mol. The van der Waals surface area contributed by atoms with Gasteiger partial charge in [-0.2, -0.15) is 0 Å². The van der Waals surface area contributed by atoms with Crippen LogP contribution >= 0.6 is 0 Å². The van der Waals surface area contributed by atoms with Crippen LogP contribution in [0.4, 0.5) is 0 Å². The first-order valence-electron chi connectivity index (χ1n) is 5.71. The number of hydrogen-bond donors (Lipinski definition) is 0. The van der Waals surface area contributed by atoms with Crippen LogP contribution in [0.2, 0.25) is 0 Å². The average molecular weight is 250 g/mol. The Morgan fingerprint density at radius 1 is 1.44 bits per heavy atom. The summed E-state index contributed by atoms with van der Waals surface area (Å²) in [6.07, 6.45) is 4.23. The summed E-state index contributed by atoms with van der Waals surface area (Å²) in [6, 6.07) is 0. The van der Waals surface area contributed by atoms with Crippen molar-refractivity contribution in [2.75, 3.05) is 6.61 Å².